The average Bonchev–Trinajstić information content (AvgIpc) is 2.72. The van der Waals surface area contributed by atoms with Crippen molar-refractivity contribution < 1.29 is 12.8 Å². The van der Waals surface area contributed by atoms with Gasteiger partial charge in [0.25, 0.3) is 5.56 Å². The van der Waals surface area contributed by atoms with E-state index in [1.807, 2.05) is 0 Å². The molecule has 0 N–H and O–H groups in total. The number of para-hydroxylation sites is 1. The minimum Gasteiger partial charge on any atom is -0.431 e. The topological polar surface area (TPSA) is 121 Å². The minimum absolute atomic E-state index is 0.0138. The highest BCUT2D eigenvalue weighted by Crippen LogP contribution is 2.20. The highest BCUT2D eigenvalue weighted by atomic mass is 32.2. The van der Waals surface area contributed by atoms with Crippen molar-refractivity contribution in [2.24, 2.45) is 0 Å². The van der Waals surface area contributed by atoms with Gasteiger partial charge < -0.3 is 4.42 Å². The Morgan fingerprint density at radius 3 is 2.50 bits per heavy atom. The zero-order valence-corrected chi connectivity index (χ0v) is 16.5. The third kappa shape index (κ3) is 3.26. The Morgan fingerprint density at radius 2 is 1.77 bits per heavy atom. The molecule has 0 saturated heterocycles. The normalized spacial score (nSPS) is 11.6. The predicted molar refractivity (Wildman–Crippen MR) is 109 cm³/mol. The van der Waals surface area contributed by atoms with Gasteiger partial charge in [-0.25, -0.2) is 27.6 Å². The molecule has 0 aliphatic carbocycles. The highest BCUT2D eigenvalue weighted by Gasteiger charge is 2.21. The van der Waals surface area contributed by atoms with Crippen molar-refractivity contribution in [2.45, 2.75) is 11.4 Å². The largest absolute Gasteiger partial charge is 0.431 e. The molecular formula is C20H15N3O6S. The second kappa shape index (κ2) is 7.23. The summed E-state index contributed by atoms with van der Waals surface area (Å²) in [7, 11) is -3.70. The van der Waals surface area contributed by atoms with E-state index in [9.17, 15) is 22.8 Å². The van der Waals surface area contributed by atoms with E-state index in [2.05, 4.69) is 4.98 Å². The molecule has 152 valence electrons. The molecule has 3 heterocycles. The van der Waals surface area contributed by atoms with Crippen LogP contribution in [0.3, 0.4) is 0 Å². The van der Waals surface area contributed by atoms with E-state index >= 15 is 0 Å². The molecule has 0 aliphatic heterocycles. The number of fused-ring (bicyclic) bond motifs is 1. The van der Waals surface area contributed by atoms with Crippen molar-refractivity contribution in [3.63, 3.8) is 0 Å². The standard InChI is InChI=1S/C20H15N3O6S/c1-30(27,28)16-9-3-2-8-15(16)23-17-14(7-4-10-21-17)18(24)22(20(23)26)12-13-6-5-11-29-19(13)25/h2-11H,12H2,1H3. The van der Waals surface area contributed by atoms with Gasteiger partial charge in [-0.15, -0.1) is 0 Å². The van der Waals surface area contributed by atoms with E-state index in [1.165, 1.54) is 54.9 Å². The van der Waals surface area contributed by atoms with Crippen LogP contribution in [0.25, 0.3) is 16.7 Å². The van der Waals surface area contributed by atoms with Crippen molar-refractivity contribution >= 4 is 20.9 Å². The van der Waals surface area contributed by atoms with E-state index in [-0.39, 0.29) is 33.7 Å². The van der Waals surface area contributed by atoms with Crippen LogP contribution in [0.15, 0.2) is 84.7 Å². The Balaban J connectivity index is 2.13. The van der Waals surface area contributed by atoms with Gasteiger partial charge in [0.1, 0.15) is 0 Å². The molecular weight excluding hydrogens is 410 g/mol. The number of hydrogen-bond donors (Lipinski definition) is 0. The smallest absolute Gasteiger partial charge is 0.340 e. The van der Waals surface area contributed by atoms with Crippen LogP contribution in [0.1, 0.15) is 5.56 Å². The van der Waals surface area contributed by atoms with Crippen LogP contribution in [0.2, 0.25) is 0 Å². The molecule has 0 fully saturated rings. The molecule has 30 heavy (non-hydrogen) atoms. The summed E-state index contributed by atoms with van der Waals surface area (Å²) in [5.74, 6) is 0. The Morgan fingerprint density at radius 1 is 1.00 bits per heavy atom. The number of pyridine rings is 1. The van der Waals surface area contributed by atoms with E-state index in [0.717, 1.165) is 15.4 Å². The summed E-state index contributed by atoms with van der Waals surface area (Å²) >= 11 is 0. The molecule has 0 unspecified atom stereocenters. The Labute approximate surface area is 169 Å². The van der Waals surface area contributed by atoms with Crippen LogP contribution in [-0.2, 0) is 16.4 Å². The number of hydrogen-bond acceptors (Lipinski definition) is 7. The Kier molecular flexibility index (Phi) is 4.70. The first-order valence-electron chi connectivity index (χ1n) is 8.76. The van der Waals surface area contributed by atoms with Gasteiger partial charge in [0.2, 0.25) is 0 Å². The van der Waals surface area contributed by atoms with E-state index < -0.39 is 26.7 Å². The van der Waals surface area contributed by atoms with Gasteiger partial charge in [0.15, 0.2) is 15.5 Å². The summed E-state index contributed by atoms with van der Waals surface area (Å²) in [5.41, 5.74) is -1.99. The molecule has 1 aromatic carbocycles. The average molecular weight is 425 g/mol. The third-order valence-corrected chi connectivity index (χ3v) is 5.69. The van der Waals surface area contributed by atoms with Gasteiger partial charge in [-0.3, -0.25) is 9.36 Å². The molecule has 4 rings (SSSR count). The quantitative estimate of drug-likeness (QED) is 0.477. The van der Waals surface area contributed by atoms with E-state index in [4.69, 9.17) is 4.42 Å². The highest BCUT2D eigenvalue weighted by molar-refractivity contribution is 7.90. The summed E-state index contributed by atoms with van der Waals surface area (Å²) in [4.78, 5) is 42.4. The van der Waals surface area contributed by atoms with Crippen LogP contribution in [0.5, 0.6) is 0 Å². The second-order valence-electron chi connectivity index (χ2n) is 6.55. The van der Waals surface area contributed by atoms with Crippen LogP contribution in [0, 0.1) is 0 Å². The van der Waals surface area contributed by atoms with Crippen molar-refractivity contribution in [3.8, 4) is 5.69 Å². The van der Waals surface area contributed by atoms with Gasteiger partial charge >= 0.3 is 11.3 Å². The maximum atomic E-state index is 13.4. The number of sulfone groups is 1. The van der Waals surface area contributed by atoms with E-state index in [1.54, 1.807) is 6.07 Å². The van der Waals surface area contributed by atoms with Gasteiger partial charge in [0, 0.05) is 12.5 Å². The first kappa shape index (κ1) is 19.5. The zero-order valence-electron chi connectivity index (χ0n) is 15.7. The minimum atomic E-state index is -3.70. The third-order valence-electron chi connectivity index (χ3n) is 4.54. The number of benzene rings is 1. The van der Waals surface area contributed by atoms with Gasteiger partial charge in [-0.1, -0.05) is 12.1 Å². The lowest BCUT2D eigenvalue weighted by atomic mass is 10.2. The summed E-state index contributed by atoms with van der Waals surface area (Å²) in [6, 6.07) is 11.9. The monoisotopic (exact) mass is 425 g/mol. The molecule has 0 amide bonds. The number of nitrogens with zero attached hydrogens (tertiary/aromatic N) is 3. The Bertz CT molecular complexity index is 1560. The molecule has 0 bridgehead atoms. The van der Waals surface area contributed by atoms with Crippen molar-refractivity contribution in [3.05, 3.63) is 97.8 Å². The Hall–Kier alpha value is -3.79. The number of rotatable bonds is 4. The maximum absolute atomic E-state index is 13.4. The summed E-state index contributed by atoms with van der Waals surface area (Å²) in [5, 5.41) is 0.0979. The lowest BCUT2D eigenvalue weighted by Gasteiger charge is -2.15. The predicted octanol–water partition coefficient (Wildman–Crippen LogP) is 0.952. The lowest BCUT2D eigenvalue weighted by Crippen LogP contribution is -2.41. The van der Waals surface area contributed by atoms with Crippen LogP contribution in [-0.4, -0.2) is 28.8 Å². The van der Waals surface area contributed by atoms with Crippen LogP contribution >= 0.6 is 0 Å². The fourth-order valence-corrected chi connectivity index (χ4v) is 4.05. The zero-order chi connectivity index (χ0) is 21.5. The molecule has 0 saturated carbocycles. The van der Waals surface area contributed by atoms with E-state index in [0.29, 0.717) is 0 Å². The lowest BCUT2D eigenvalue weighted by molar-refractivity contribution is 0.495. The second-order valence-corrected chi connectivity index (χ2v) is 8.53. The molecule has 0 radical (unpaired) electrons. The molecule has 0 spiro atoms. The summed E-state index contributed by atoms with van der Waals surface area (Å²) in [6.45, 7) is -0.341. The first-order chi connectivity index (χ1) is 14.3. The van der Waals surface area contributed by atoms with Gasteiger partial charge in [-0.05, 0) is 36.4 Å². The van der Waals surface area contributed by atoms with Gasteiger partial charge in [0.05, 0.1) is 34.3 Å². The van der Waals surface area contributed by atoms with Crippen molar-refractivity contribution in [1.29, 1.82) is 0 Å². The van der Waals surface area contributed by atoms with Crippen molar-refractivity contribution in [2.75, 3.05) is 6.26 Å². The van der Waals surface area contributed by atoms with Crippen molar-refractivity contribution in [1.82, 2.24) is 14.1 Å². The SMILES string of the molecule is CS(=O)(=O)c1ccccc1-n1c(=O)n(Cc2cccoc2=O)c(=O)c2cccnc21. The molecule has 0 atom stereocenters. The first-order valence-corrected chi connectivity index (χ1v) is 10.6. The van der Waals surface area contributed by atoms with Crippen LogP contribution < -0.4 is 16.9 Å². The molecule has 3 aromatic heterocycles. The molecule has 10 heteroatoms. The number of aromatic nitrogens is 3. The molecule has 0 aliphatic rings. The maximum Gasteiger partial charge on any atom is 0.340 e. The fraction of sp³-hybridized carbons (Fsp3) is 0.100. The van der Waals surface area contributed by atoms with Gasteiger partial charge in [-0.2, -0.15) is 0 Å². The summed E-state index contributed by atoms with van der Waals surface area (Å²) in [6.07, 6.45) is 3.62. The fourth-order valence-electron chi connectivity index (χ4n) is 3.19. The molecule has 9 nitrogen and oxygen atoms in total. The van der Waals surface area contributed by atoms with Crippen LogP contribution in [0.4, 0.5) is 0 Å². The molecule has 4 aromatic rings. The summed E-state index contributed by atoms with van der Waals surface area (Å²) < 4.78 is 31.3.